The maximum Gasteiger partial charge on any atom is 0.213 e. The number of ether oxygens (including phenoxy) is 2. The van der Waals surface area contributed by atoms with Crippen LogP contribution in [-0.2, 0) is 6.61 Å². The molecule has 2 rings (SSSR count). The maximum absolute atomic E-state index is 5.86. The quantitative estimate of drug-likeness (QED) is 0.909. The molecule has 0 saturated carbocycles. The van der Waals surface area contributed by atoms with Gasteiger partial charge in [0.2, 0.25) is 5.88 Å². The molecule has 0 bridgehead atoms. The van der Waals surface area contributed by atoms with Gasteiger partial charge in [-0.15, -0.1) is 0 Å². The third kappa shape index (κ3) is 3.48. The van der Waals surface area contributed by atoms with Gasteiger partial charge in [0.05, 0.1) is 12.8 Å². The summed E-state index contributed by atoms with van der Waals surface area (Å²) < 4.78 is 10.9. The van der Waals surface area contributed by atoms with Crippen LogP contribution >= 0.6 is 0 Å². The Kier molecular flexibility index (Phi) is 4.58. The van der Waals surface area contributed by atoms with Crippen molar-refractivity contribution in [2.45, 2.75) is 26.5 Å². The molecule has 0 spiro atoms. The number of hydrogen-bond acceptors (Lipinski definition) is 4. The van der Waals surface area contributed by atoms with E-state index in [1.54, 1.807) is 7.11 Å². The van der Waals surface area contributed by atoms with E-state index in [9.17, 15) is 0 Å². The Morgan fingerprint density at radius 1 is 1.25 bits per heavy atom. The molecule has 106 valence electrons. The van der Waals surface area contributed by atoms with E-state index >= 15 is 0 Å². The summed E-state index contributed by atoms with van der Waals surface area (Å²) in [6.07, 6.45) is 0. The highest BCUT2D eigenvalue weighted by Crippen LogP contribution is 2.22. The van der Waals surface area contributed by atoms with Crippen molar-refractivity contribution in [1.29, 1.82) is 0 Å². The van der Waals surface area contributed by atoms with Crippen LogP contribution in [0.15, 0.2) is 36.4 Å². The SMILES string of the molecule is COc1cccc(COc2ccc(C(C)N)cc2C)n1. The summed E-state index contributed by atoms with van der Waals surface area (Å²) in [6.45, 7) is 4.39. The lowest BCUT2D eigenvalue weighted by Crippen LogP contribution is -2.06. The van der Waals surface area contributed by atoms with Crippen LogP contribution in [0.3, 0.4) is 0 Å². The summed E-state index contributed by atoms with van der Waals surface area (Å²) in [4.78, 5) is 4.31. The lowest BCUT2D eigenvalue weighted by Gasteiger charge is -2.12. The number of aromatic nitrogens is 1. The largest absolute Gasteiger partial charge is 0.487 e. The highest BCUT2D eigenvalue weighted by molar-refractivity contribution is 5.37. The average molecular weight is 272 g/mol. The first-order valence-electron chi connectivity index (χ1n) is 6.59. The number of rotatable bonds is 5. The van der Waals surface area contributed by atoms with Crippen LogP contribution in [-0.4, -0.2) is 12.1 Å². The third-order valence-corrected chi connectivity index (χ3v) is 3.09. The van der Waals surface area contributed by atoms with Crippen molar-refractivity contribution in [2.75, 3.05) is 7.11 Å². The van der Waals surface area contributed by atoms with Gasteiger partial charge in [0.25, 0.3) is 0 Å². The summed E-state index contributed by atoms with van der Waals surface area (Å²) >= 11 is 0. The molecule has 1 atom stereocenters. The van der Waals surface area contributed by atoms with Gasteiger partial charge in [-0.25, -0.2) is 4.98 Å². The Bertz CT molecular complexity index is 582. The molecule has 4 heteroatoms. The first-order valence-corrected chi connectivity index (χ1v) is 6.59. The zero-order valence-electron chi connectivity index (χ0n) is 12.1. The monoisotopic (exact) mass is 272 g/mol. The van der Waals surface area contributed by atoms with Gasteiger partial charge in [0.15, 0.2) is 0 Å². The van der Waals surface area contributed by atoms with Crippen LogP contribution < -0.4 is 15.2 Å². The highest BCUT2D eigenvalue weighted by Gasteiger charge is 2.05. The standard InChI is InChI=1S/C16H20N2O2/c1-11-9-13(12(2)17)7-8-15(11)20-10-14-5-4-6-16(18-14)19-3/h4-9,12H,10,17H2,1-3H3. The second-order valence-corrected chi connectivity index (χ2v) is 4.77. The van der Waals surface area contributed by atoms with Gasteiger partial charge in [0.1, 0.15) is 12.4 Å². The topological polar surface area (TPSA) is 57.4 Å². The molecule has 0 aliphatic carbocycles. The molecule has 0 saturated heterocycles. The number of benzene rings is 1. The van der Waals surface area contributed by atoms with Crippen molar-refractivity contribution in [1.82, 2.24) is 4.98 Å². The van der Waals surface area contributed by atoms with Gasteiger partial charge in [-0.05, 0) is 37.1 Å². The van der Waals surface area contributed by atoms with Gasteiger partial charge < -0.3 is 15.2 Å². The predicted molar refractivity (Wildman–Crippen MR) is 78.9 cm³/mol. The maximum atomic E-state index is 5.86. The third-order valence-electron chi connectivity index (χ3n) is 3.09. The summed E-state index contributed by atoms with van der Waals surface area (Å²) in [7, 11) is 1.60. The second-order valence-electron chi connectivity index (χ2n) is 4.77. The van der Waals surface area contributed by atoms with Crippen LogP contribution in [0, 0.1) is 6.92 Å². The van der Waals surface area contributed by atoms with Crippen LogP contribution in [0.5, 0.6) is 11.6 Å². The number of nitrogens with two attached hydrogens (primary N) is 1. The van der Waals surface area contributed by atoms with E-state index in [4.69, 9.17) is 15.2 Å². The van der Waals surface area contributed by atoms with E-state index in [0.29, 0.717) is 12.5 Å². The van der Waals surface area contributed by atoms with Crippen molar-refractivity contribution in [2.24, 2.45) is 5.73 Å². The van der Waals surface area contributed by atoms with E-state index in [0.717, 1.165) is 22.6 Å². The molecule has 2 N–H and O–H groups in total. The van der Waals surface area contributed by atoms with Gasteiger partial charge in [-0.3, -0.25) is 0 Å². The van der Waals surface area contributed by atoms with E-state index in [1.165, 1.54) is 0 Å². The molecule has 4 nitrogen and oxygen atoms in total. The van der Waals surface area contributed by atoms with Gasteiger partial charge in [-0.1, -0.05) is 18.2 Å². The van der Waals surface area contributed by atoms with Crippen molar-refractivity contribution in [3.63, 3.8) is 0 Å². The Morgan fingerprint density at radius 3 is 2.70 bits per heavy atom. The molecule has 0 radical (unpaired) electrons. The molecule has 1 aromatic heterocycles. The molecule has 20 heavy (non-hydrogen) atoms. The molecular formula is C16H20N2O2. The normalized spacial score (nSPS) is 12.0. The number of methoxy groups -OCH3 is 1. The van der Waals surface area contributed by atoms with E-state index in [2.05, 4.69) is 11.1 Å². The van der Waals surface area contributed by atoms with Crippen molar-refractivity contribution in [3.05, 3.63) is 53.2 Å². The molecule has 0 aliphatic rings. The number of nitrogens with zero attached hydrogens (tertiary/aromatic N) is 1. The molecule has 1 heterocycles. The minimum atomic E-state index is 0.0304. The lowest BCUT2D eigenvalue weighted by molar-refractivity contribution is 0.296. The minimum Gasteiger partial charge on any atom is -0.487 e. The molecule has 0 fully saturated rings. The summed E-state index contributed by atoms with van der Waals surface area (Å²) in [5, 5.41) is 0. The molecule has 0 amide bonds. The van der Waals surface area contributed by atoms with Crippen molar-refractivity contribution >= 4 is 0 Å². The number of aryl methyl sites for hydroxylation is 1. The molecular weight excluding hydrogens is 252 g/mol. The fourth-order valence-corrected chi connectivity index (χ4v) is 1.92. The van der Waals surface area contributed by atoms with Crippen molar-refractivity contribution in [3.8, 4) is 11.6 Å². The summed E-state index contributed by atoms with van der Waals surface area (Å²) in [5.41, 5.74) is 8.88. The van der Waals surface area contributed by atoms with E-state index < -0.39 is 0 Å². The zero-order chi connectivity index (χ0) is 14.5. The molecule has 1 unspecified atom stereocenters. The Morgan fingerprint density at radius 2 is 2.05 bits per heavy atom. The number of hydrogen-bond donors (Lipinski definition) is 1. The van der Waals surface area contributed by atoms with Gasteiger partial charge in [0, 0.05) is 12.1 Å². The van der Waals surface area contributed by atoms with Crippen LogP contribution in [0.2, 0.25) is 0 Å². The lowest BCUT2D eigenvalue weighted by atomic mass is 10.1. The Balaban J connectivity index is 2.07. The fraction of sp³-hybridized carbons (Fsp3) is 0.312. The summed E-state index contributed by atoms with van der Waals surface area (Å²) in [6, 6.07) is 11.7. The first kappa shape index (κ1) is 14.3. The Hall–Kier alpha value is -2.07. The van der Waals surface area contributed by atoms with Crippen LogP contribution in [0.25, 0.3) is 0 Å². The number of pyridine rings is 1. The average Bonchev–Trinajstić information content (AvgIpc) is 2.46. The second kappa shape index (κ2) is 6.39. The predicted octanol–water partition coefficient (Wildman–Crippen LogP) is 3.00. The molecule has 0 aliphatic heterocycles. The summed E-state index contributed by atoms with van der Waals surface area (Å²) in [5.74, 6) is 1.44. The smallest absolute Gasteiger partial charge is 0.213 e. The van der Waals surface area contributed by atoms with E-state index in [-0.39, 0.29) is 6.04 Å². The van der Waals surface area contributed by atoms with Crippen molar-refractivity contribution < 1.29 is 9.47 Å². The molecule has 1 aromatic carbocycles. The van der Waals surface area contributed by atoms with Gasteiger partial charge in [-0.2, -0.15) is 0 Å². The minimum absolute atomic E-state index is 0.0304. The molecule has 2 aromatic rings. The van der Waals surface area contributed by atoms with Crippen LogP contribution in [0.4, 0.5) is 0 Å². The first-order chi connectivity index (χ1) is 9.60. The van der Waals surface area contributed by atoms with Crippen LogP contribution in [0.1, 0.15) is 29.8 Å². The van der Waals surface area contributed by atoms with E-state index in [1.807, 2.05) is 44.2 Å². The van der Waals surface area contributed by atoms with Gasteiger partial charge >= 0.3 is 0 Å². The fourth-order valence-electron chi connectivity index (χ4n) is 1.92. The highest BCUT2D eigenvalue weighted by atomic mass is 16.5. The Labute approximate surface area is 119 Å². The zero-order valence-corrected chi connectivity index (χ0v) is 12.1.